The van der Waals surface area contributed by atoms with Gasteiger partial charge in [-0.15, -0.1) is 0 Å². The first-order valence-corrected chi connectivity index (χ1v) is 5.83. The maximum absolute atomic E-state index is 11.8. The normalized spacial score (nSPS) is 19.9. The quantitative estimate of drug-likeness (QED) is 0.813. The number of rotatable bonds is 3. The van der Waals surface area contributed by atoms with Gasteiger partial charge in [-0.05, 0) is 30.9 Å². The molecule has 17 heavy (non-hydrogen) atoms. The predicted octanol–water partition coefficient (Wildman–Crippen LogP) is 0.820. The summed E-state index contributed by atoms with van der Waals surface area (Å²) in [7, 11) is 0. The monoisotopic (exact) mass is 235 g/mol. The molecule has 1 unspecified atom stereocenters. The van der Waals surface area contributed by atoms with Gasteiger partial charge >= 0.3 is 0 Å². The number of nitrogens with one attached hydrogen (secondary N) is 1. The fourth-order valence-electron chi connectivity index (χ4n) is 1.85. The smallest absolute Gasteiger partial charge is 0.252 e. The van der Waals surface area contributed by atoms with E-state index in [0.717, 1.165) is 26.1 Å². The van der Waals surface area contributed by atoms with Crippen LogP contribution in [0.4, 0.5) is 5.82 Å². The van der Waals surface area contributed by atoms with Gasteiger partial charge in [0.15, 0.2) is 0 Å². The van der Waals surface area contributed by atoms with Crippen molar-refractivity contribution in [3.05, 3.63) is 23.9 Å². The highest BCUT2D eigenvalue weighted by Gasteiger charge is 2.15. The van der Waals surface area contributed by atoms with Crippen LogP contribution in [0.25, 0.3) is 0 Å². The second-order valence-electron chi connectivity index (χ2n) is 4.26. The van der Waals surface area contributed by atoms with Crippen molar-refractivity contribution in [1.29, 1.82) is 0 Å². The summed E-state index contributed by atoms with van der Waals surface area (Å²) in [6, 6.07) is 3.30. The Kier molecular flexibility index (Phi) is 3.93. The molecular formula is C12H17N3O2. The summed E-state index contributed by atoms with van der Waals surface area (Å²) in [5, 5.41) is 2.89. The van der Waals surface area contributed by atoms with Crippen LogP contribution in [0, 0.1) is 5.92 Å². The lowest BCUT2D eigenvalue weighted by molar-refractivity contribution is 0.0536. The van der Waals surface area contributed by atoms with Crippen molar-refractivity contribution >= 4 is 11.7 Å². The van der Waals surface area contributed by atoms with Crippen molar-refractivity contribution in [1.82, 2.24) is 10.3 Å². The van der Waals surface area contributed by atoms with Crippen LogP contribution in [0.5, 0.6) is 0 Å². The molecule has 1 aliphatic rings. The van der Waals surface area contributed by atoms with Crippen molar-refractivity contribution in [3.8, 4) is 0 Å². The van der Waals surface area contributed by atoms with E-state index in [-0.39, 0.29) is 5.91 Å². The van der Waals surface area contributed by atoms with Crippen LogP contribution >= 0.6 is 0 Å². The lowest BCUT2D eigenvalue weighted by Gasteiger charge is -2.22. The van der Waals surface area contributed by atoms with Gasteiger partial charge in [-0.2, -0.15) is 0 Å². The van der Waals surface area contributed by atoms with E-state index in [9.17, 15) is 4.79 Å². The standard InChI is InChI=1S/C12H17N3O2/c13-11-4-3-10(7-14-11)12(16)15-6-9-2-1-5-17-8-9/h3-4,7,9H,1-2,5-6,8H2,(H2,13,14)(H,15,16). The van der Waals surface area contributed by atoms with Crippen molar-refractivity contribution < 1.29 is 9.53 Å². The van der Waals surface area contributed by atoms with Gasteiger partial charge in [-0.25, -0.2) is 4.98 Å². The lowest BCUT2D eigenvalue weighted by atomic mass is 10.0. The number of nitrogens with zero attached hydrogens (tertiary/aromatic N) is 1. The van der Waals surface area contributed by atoms with Gasteiger partial charge in [0.25, 0.3) is 5.91 Å². The number of hydrogen-bond donors (Lipinski definition) is 2. The number of anilines is 1. The molecule has 1 aromatic heterocycles. The van der Waals surface area contributed by atoms with Crippen LogP contribution in [0.2, 0.25) is 0 Å². The highest BCUT2D eigenvalue weighted by molar-refractivity contribution is 5.93. The Balaban J connectivity index is 1.82. The second-order valence-corrected chi connectivity index (χ2v) is 4.26. The number of nitrogen functional groups attached to an aromatic ring is 1. The topological polar surface area (TPSA) is 77.2 Å². The Morgan fingerprint density at radius 1 is 1.59 bits per heavy atom. The van der Waals surface area contributed by atoms with E-state index in [1.165, 1.54) is 6.20 Å². The SMILES string of the molecule is Nc1ccc(C(=O)NCC2CCCOC2)cn1. The molecule has 0 aliphatic carbocycles. The third-order valence-corrected chi connectivity index (χ3v) is 2.85. The number of pyridine rings is 1. The number of nitrogens with two attached hydrogens (primary N) is 1. The van der Waals surface area contributed by atoms with Crippen molar-refractivity contribution in [3.63, 3.8) is 0 Å². The Labute approximate surface area is 100 Å². The fourth-order valence-corrected chi connectivity index (χ4v) is 1.85. The number of hydrogen-bond acceptors (Lipinski definition) is 4. The minimum absolute atomic E-state index is 0.108. The average molecular weight is 235 g/mol. The van der Waals surface area contributed by atoms with E-state index in [4.69, 9.17) is 10.5 Å². The van der Waals surface area contributed by atoms with Crippen LogP contribution in [0.15, 0.2) is 18.3 Å². The van der Waals surface area contributed by atoms with Crippen molar-refractivity contribution in [2.24, 2.45) is 5.92 Å². The highest BCUT2D eigenvalue weighted by atomic mass is 16.5. The second kappa shape index (κ2) is 5.63. The summed E-state index contributed by atoms with van der Waals surface area (Å²) in [4.78, 5) is 15.7. The average Bonchev–Trinajstić information content (AvgIpc) is 2.38. The van der Waals surface area contributed by atoms with Gasteiger partial charge in [0.2, 0.25) is 0 Å². The van der Waals surface area contributed by atoms with Gasteiger partial charge < -0.3 is 15.8 Å². The first-order chi connectivity index (χ1) is 8.25. The third kappa shape index (κ3) is 3.42. The molecule has 1 fully saturated rings. The molecule has 1 aromatic rings. The first-order valence-electron chi connectivity index (χ1n) is 5.83. The summed E-state index contributed by atoms with van der Waals surface area (Å²) < 4.78 is 5.36. The van der Waals surface area contributed by atoms with Crippen molar-refractivity contribution in [2.75, 3.05) is 25.5 Å². The molecule has 1 aliphatic heterocycles. The summed E-state index contributed by atoms with van der Waals surface area (Å²) in [6.07, 6.45) is 3.67. The minimum atomic E-state index is -0.108. The van der Waals surface area contributed by atoms with Gasteiger partial charge in [-0.3, -0.25) is 4.79 Å². The van der Waals surface area contributed by atoms with E-state index in [1.807, 2.05) is 0 Å². The minimum Gasteiger partial charge on any atom is -0.384 e. The highest BCUT2D eigenvalue weighted by Crippen LogP contribution is 2.12. The molecule has 2 heterocycles. The molecule has 1 saturated heterocycles. The molecule has 92 valence electrons. The van der Waals surface area contributed by atoms with Gasteiger partial charge in [0.1, 0.15) is 5.82 Å². The molecule has 5 nitrogen and oxygen atoms in total. The van der Waals surface area contributed by atoms with Gasteiger partial charge in [0, 0.05) is 19.3 Å². The lowest BCUT2D eigenvalue weighted by Crippen LogP contribution is -2.33. The van der Waals surface area contributed by atoms with Gasteiger partial charge in [0.05, 0.1) is 12.2 Å². The van der Waals surface area contributed by atoms with Crippen LogP contribution in [0.1, 0.15) is 23.2 Å². The molecule has 0 aromatic carbocycles. The zero-order chi connectivity index (χ0) is 12.1. The molecule has 0 bridgehead atoms. The molecule has 0 radical (unpaired) electrons. The summed E-state index contributed by atoms with van der Waals surface area (Å²) in [5.74, 6) is 0.736. The van der Waals surface area contributed by atoms with Crippen LogP contribution in [0.3, 0.4) is 0 Å². The number of ether oxygens (including phenoxy) is 1. The van der Waals surface area contributed by atoms with E-state index >= 15 is 0 Å². The van der Waals surface area contributed by atoms with Crippen molar-refractivity contribution in [2.45, 2.75) is 12.8 Å². The predicted molar refractivity (Wildman–Crippen MR) is 64.5 cm³/mol. The zero-order valence-corrected chi connectivity index (χ0v) is 9.69. The Morgan fingerprint density at radius 2 is 2.47 bits per heavy atom. The molecule has 0 spiro atoms. The van der Waals surface area contributed by atoms with E-state index in [1.54, 1.807) is 12.1 Å². The van der Waals surface area contributed by atoms with Crippen LogP contribution < -0.4 is 11.1 Å². The summed E-state index contributed by atoms with van der Waals surface area (Å²) in [6.45, 7) is 2.23. The maximum Gasteiger partial charge on any atom is 0.252 e. The molecule has 5 heteroatoms. The maximum atomic E-state index is 11.8. The Bertz CT molecular complexity index is 372. The van der Waals surface area contributed by atoms with E-state index in [0.29, 0.717) is 23.8 Å². The Hall–Kier alpha value is -1.62. The largest absolute Gasteiger partial charge is 0.384 e. The summed E-state index contributed by atoms with van der Waals surface area (Å²) in [5.41, 5.74) is 6.00. The molecule has 1 atom stereocenters. The third-order valence-electron chi connectivity index (χ3n) is 2.85. The zero-order valence-electron chi connectivity index (χ0n) is 9.69. The molecule has 1 amide bonds. The van der Waals surface area contributed by atoms with Gasteiger partial charge in [-0.1, -0.05) is 0 Å². The van der Waals surface area contributed by atoms with Crippen LogP contribution in [-0.2, 0) is 4.74 Å². The fraction of sp³-hybridized carbons (Fsp3) is 0.500. The number of aromatic nitrogens is 1. The first kappa shape index (κ1) is 11.9. The molecule has 3 N–H and O–H groups in total. The number of carbonyl (C=O) groups is 1. The van der Waals surface area contributed by atoms with E-state index < -0.39 is 0 Å². The molecular weight excluding hydrogens is 218 g/mol. The van der Waals surface area contributed by atoms with Crippen LogP contribution in [-0.4, -0.2) is 30.6 Å². The Morgan fingerprint density at radius 3 is 3.12 bits per heavy atom. The molecule has 2 rings (SSSR count). The number of carbonyl (C=O) groups excluding carboxylic acids is 1. The number of amides is 1. The van der Waals surface area contributed by atoms with E-state index in [2.05, 4.69) is 10.3 Å². The summed E-state index contributed by atoms with van der Waals surface area (Å²) >= 11 is 0. The molecule has 0 saturated carbocycles.